The van der Waals surface area contributed by atoms with Gasteiger partial charge in [0.05, 0.1) is 24.4 Å². The summed E-state index contributed by atoms with van der Waals surface area (Å²) in [4.78, 5) is 8.70. The molecule has 2 N–H and O–H groups in total. The Morgan fingerprint density at radius 1 is 1.33 bits per heavy atom. The molecule has 0 unspecified atom stereocenters. The van der Waals surface area contributed by atoms with Gasteiger partial charge >= 0.3 is 0 Å². The van der Waals surface area contributed by atoms with Crippen LogP contribution in [0.5, 0.6) is 11.5 Å². The number of nitrogens with zero attached hydrogens (tertiary/aromatic N) is 2. The number of aryl methyl sites for hydroxylation is 1. The van der Waals surface area contributed by atoms with Crippen LogP contribution in [0.1, 0.15) is 17.6 Å². The smallest absolute Gasteiger partial charge is 0.195 e. The lowest BCUT2D eigenvalue weighted by molar-refractivity contribution is 0.311. The largest absolute Gasteiger partial charge is 0.493 e. The zero-order valence-electron chi connectivity index (χ0n) is 14.5. The van der Waals surface area contributed by atoms with Gasteiger partial charge in [0.1, 0.15) is 0 Å². The highest BCUT2D eigenvalue weighted by atomic mass is 32.1. The Morgan fingerprint density at radius 2 is 2.17 bits per heavy atom. The molecular formula is C17H24N4O2S. The van der Waals surface area contributed by atoms with Gasteiger partial charge in [-0.2, -0.15) is 0 Å². The Labute approximate surface area is 146 Å². The maximum absolute atomic E-state index is 5.59. The Balaban J connectivity index is 1.93. The van der Waals surface area contributed by atoms with Gasteiger partial charge in [-0.1, -0.05) is 0 Å². The molecule has 2 aromatic rings. The fourth-order valence-corrected chi connectivity index (χ4v) is 2.82. The average molecular weight is 348 g/mol. The van der Waals surface area contributed by atoms with Crippen molar-refractivity contribution in [1.29, 1.82) is 0 Å². The molecule has 6 nitrogen and oxygen atoms in total. The highest BCUT2D eigenvalue weighted by Gasteiger charge is 2.07. The van der Waals surface area contributed by atoms with Crippen LogP contribution >= 0.6 is 11.3 Å². The van der Waals surface area contributed by atoms with E-state index in [1.165, 1.54) is 0 Å². The Hall–Kier alpha value is -2.28. The molecule has 0 spiro atoms. The second-order valence-corrected chi connectivity index (χ2v) is 6.09. The van der Waals surface area contributed by atoms with E-state index in [0.717, 1.165) is 29.4 Å². The van der Waals surface area contributed by atoms with Crippen LogP contribution in [-0.4, -0.2) is 38.3 Å². The standard InChI is InChI=1S/C17H24N4O2S/c1-5-23-16-10-13(6-7-15(16)22-4)21-17(18-3)19-9-8-14-11-24-12(2)20-14/h6-7,10-11H,5,8-9H2,1-4H3,(H2,18,19,21). The van der Waals surface area contributed by atoms with Crippen molar-refractivity contribution in [3.05, 3.63) is 34.3 Å². The number of aliphatic imine (C=N–C) groups is 1. The molecule has 7 heteroatoms. The number of ether oxygens (including phenoxy) is 2. The molecule has 0 amide bonds. The van der Waals surface area contributed by atoms with Gasteiger partial charge in [0, 0.05) is 37.1 Å². The summed E-state index contributed by atoms with van der Waals surface area (Å²) in [5, 5.41) is 9.72. The van der Waals surface area contributed by atoms with Crippen molar-refractivity contribution in [3.63, 3.8) is 0 Å². The van der Waals surface area contributed by atoms with Gasteiger partial charge in [-0.25, -0.2) is 4.98 Å². The van der Waals surface area contributed by atoms with Crippen LogP contribution in [0, 0.1) is 6.92 Å². The fourth-order valence-electron chi connectivity index (χ4n) is 2.17. The number of guanidine groups is 1. The van der Waals surface area contributed by atoms with E-state index >= 15 is 0 Å². The lowest BCUT2D eigenvalue weighted by Crippen LogP contribution is -2.32. The first-order valence-corrected chi connectivity index (χ1v) is 8.73. The minimum Gasteiger partial charge on any atom is -0.493 e. The number of thiazole rings is 1. The lowest BCUT2D eigenvalue weighted by atomic mass is 10.2. The first-order chi connectivity index (χ1) is 11.7. The topological polar surface area (TPSA) is 67.8 Å². The highest BCUT2D eigenvalue weighted by Crippen LogP contribution is 2.30. The van der Waals surface area contributed by atoms with E-state index in [4.69, 9.17) is 9.47 Å². The number of nitrogens with one attached hydrogen (secondary N) is 2. The molecule has 2 rings (SSSR count). The third kappa shape index (κ3) is 5.13. The molecule has 0 saturated carbocycles. The van der Waals surface area contributed by atoms with Crippen LogP contribution in [0.2, 0.25) is 0 Å². The molecule has 24 heavy (non-hydrogen) atoms. The zero-order valence-corrected chi connectivity index (χ0v) is 15.4. The van der Waals surface area contributed by atoms with Gasteiger partial charge in [0.25, 0.3) is 0 Å². The minimum absolute atomic E-state index is 0.583. The van der Waals surface area contributed by atoms with Crippen molar-refractivity contribution >= 4 is 23.0 Å². The van der Waals surface area contributed by atoms with Crippen LogP contribution in [0.25, 0.3) is 0 Å². The molecule has 0 aliphatic carbocycles. The second-order valence-electron chi connectivity index (χ2n) is 5.03. The van der Waals surface area contributed by atoms with E-state index in [1.54, 1.807) is 25.5 Å². The van der Waals surface area contributed by atoms with Gasteiger partial charge < -0.3 is 20.1 Å². The summed E-state index contributed by atoms with van der Waals surface area (Å²) in [5.41, 5.74) is 1.99. The molecule has 0 aliphatic heterocycles. The van der Waals surface area contributed by atoms with E-state index in [-0.39, 0.29) is 0 Å². The van der Waals surface area contributed by atoms with Crippen molar-refractivity contribution in [2.24, 2.45) is 4.99 Å². The molecule has 1 heterocycles. The molecule has 0 saturated heterocycles. The quantitative estimate of drug-likeness (QED) is 0.594. The summed E-state index contributed by atoms with van der Waals surface area (Å²) in [6, 6.07) is 5.70. The van der Waals surface area contributed by atoms with E-state index in [9.17, 15) is 0 Å². The van der Waals surface area contributed by atoms with Crippen molar-refractivity contribution in [1.82, 2.24) is 10.3 Å². The number of aromatic nitrogens is 1. The van der Waals surface area contributed by atoms with E-state index < -0.39 is 0 Å². The maximum Gasteiger partial charge on any atom is 0.195 e. The molecule has 0 fully saturated rings. The van der Waals surface area contributed by atoms with Crippen LogP contribution in [0.15, 0.2) is 28.6 Å². The molecule has 0 bridgehead atoms. The number of rotatable bonds is 7. The van der Waals surface area contributed by atoms with Crippen LogP contribution in [0.4, 0.5) is 5.69 Å². The summed E-state index contributed by atoms with van der Waals surface area (Å²) >= 11 is 1.67. The average Bonchev–Trinajstić information content (AvgIpc) is 3.00. The Kier molecular flexibility index (Phi) is 6.87. The van der Waals surface area contributed by atoms with Crippen LogP contribution in [-0.2, 0) is 6.42 Å². The summed E-state index contributed by atoms with van der Waals surface area (Å²) in [6.07, 6.45) is 0.859. The van der Waals surface area contributed by atoms with Crippen LogP contribution < -0.4 is 20.1 Å². The number of methoxy groups -OCH3 is 1. The molecule has 1 aromatic heterocycles. The molecule has 0 aliphatic rings. The first-order valence-electron chi connectivity index (χ1n) is 7.85. The first kappa shape index (κ1) is 18.1. The number of anilines is 1. The monoisotopic (exact) mass is 348 g/mol. The number of hydrogen-bond donors (Lipinski definition) is 2. The van der Waals surface area contributed by atoms with Gasteiger partial charge in [0.15, 0.2) is 17.5 Å². The molecule has 1 aromatic carbocycles. The predicted octanol–water partition coefficient (Wildman–Crippen LogP) is 3.09. The third-order valence-electron chi connectivity index (χ3n) is 3.29. The Bertz CT molecular complexity index is 685. The second kappa shape index (κ2) is 9.12. The number of hydrogen-bond acceptors (Lipinski definition) is 5. The summed E-state index contributed by atoms with van der Waals surface area (Å²) in [5.74, 6) is 2.12. The van der Waals surface area contributed by atoms with Crippen LogP contribution in [0.3, 0.4) is 0 Å². The molecule has 0 radical (unpaired) electrons. The lowest BCUT2D eigenvalue weighted by Gasteiger charge is -2.14. The Morgan fingerprint density at radius 3 is 2.79 bits per heavy atom. The summed E-state index contributed by atoms with van der Waals surface area (Å²) in [7, 11) is 3.38. The normalized spacial score (nSPS) is 11.2. The summed E-state index contributed by atoms with van der Waals surface area (Å²) < 4.78 is 10.9. The number of benzene rings is 1. The van der Waals surface area contributed by atoms with Crippen molar-refractivity contribution < 1.29 is 9.47 Å². The summed E-state index contributed by atoms with van der Waals surface area (Å²) in [6.45, 7) is 5.30. The van der Waals surface area contributed by atoms with E-state index in [2.05, 4.69) is 26.0 Å². The van der Waals surface area contributed by atoms with E-state index in [1.807, 2.05) is 32.0 Å². The molecular weight excluding hydrogens is 324 g/mol. The predicted molar refractivity (Wildman–Crippen MR) is 99.7 cm³/mol. The fraction of sp³-hybridized carbons (Fsp3) is 0.412. The molecule has 0 atom stereocenters. The maximum atomic E-state index is 5.59. The van der Waals surface area contributed by atoms with E-state index in [0.29, 0.717) is 24.1 Å². The highest BCUT2D eigenvalue weighted by molar-refractivity contribution is 7.09. The SMILES string of the molecule is CCOc1cc(NC(=NC)NCCc2csc(C)n2)ccc1OC. The molecule has 130 valence electrons. The zero-order chi connectivity index (χ0) is 17.4. The van der Waals surface area contributed by atoms with Crippen molar-refractivity contribution in [2.45, 2.75) is 20.3 Å². The van der Waals surface area contributed by atoms with Gasteiger partial charge in [-0.15, -0.1) is 11.3 Å². The van der Waals surface area contributed by atoms with Gasteiger partial charge in [-0.05, 0) is 26.0 Å². The van der Waals surface area contributed by atoms with Gasteiger partial charge in [-0.3, -0.25) is 4.99 Å². The minimum atomic E-state index is 0.583. The van der Waals surface area contributed by atoms with Gasteiger partial charge in [0.2, 0.25) is 0 Å². The third-order valence-corrected chi connectivity index (χ3v) is 4.11. The van der Waals surface area contributed by atoms with Crippen molar-refractivity contribution in [3.8, 4) is 11.5 Å². The van der Waals surface area contributed by atoms with Crippen molar-refractivity contribution in [2.75, 3.05) is 32.6 Å².